The maximum Gasteiger partial charge on any atom is 0.176 e. The summed E-state index contributed by atoms with van der Waals surface area (Å²) in [5.74, 6) is 0.877. The number of Topliss-reactive ketones (excluding diaryl/α,β-unsaturated/α-hetero) is 1. The highest BCUT2D eigenvalue weighted by molar-refractivity contribution is 5.98. The first-order valence-corrected chi connectivity index (χ1v) is 6.48. The minimum Gasteiger partial charge on any atom is -0.487 e. The molecule has 1 aliphatic rings. The quantitative estimate of drug-likeness (QED) is 0.599. The zero-order chi connectivity index (χ0) is 13.7. The number of rotatable bonds is 6. The molecule has 0 amide bonds. The van der Waals surface area contributed by atoms with Gasteiger partial charge in [0.15, 0.2) is 5.78 Å². The smallest absolute Gasteiger partial charge is 0.176 e. The fraction of sp³-hybridized carbons (Fsp3) is 0.500. The molecule has 1 unspecified atom stereocenters. The van der Waals surface area contributed by atoms with E-state index in [2.05, 4.69) is 10.6 Å². The van der Waals surface area contributed by atoms with Gasteiger partial charge in [-0.05, 0) is 25.1 Å². The van der Waals surface area contributed by atoms with Crippen molar-refractivity contribution in [3.05, 3.63) is 23.8 Å². The molecular formula is C14H20N2O3. The second kappa shape index (κ2) is 6.54. The Morgan fingerprint density at radius 2 is 2.42 bits per heavy atom. The van der Waals surface area contributed by atoms with E-state index in [9.17, 15) is 4.79 Å². The van der Waals surface area contributed by atoms with Crippen molar-refractivity contribution in [3.63, 3.8) is 0 Å². The molecule has 0 bridgehead atoms. The molecule has 1 aromatic rings. The lowest BCUT2D eigenvalue weighted by Gasteiger charge is -2.25. The van der Waals surface area contributed by atoms with Crippen molar-refractivity contribution in [3.8, 4) is 5.75 Å². The molecule has 2 rings (SSSR count). The molecule has 0 saturated heterocycles. The minimum atomic E-state index is 0.0688. The first-order chi connectivity index (χ1) is 9.20. The number of carbonyl (C=O) groups excluding carboxylic acids is 1. The predicted octanol–water partition coefficient (Wildman–Crippen LogP) is 1.30. The number of benzene rings is 1. The zero-order valence-electron chi connectivity index (χ0n) is 11.4. The molecule has 0 radical (unpaired) electrons. The van der Waals surface area contributed by atoms with Crippen molar-refractivity contribution in [2.24, 2.45) is 0 Å². The Labute approximate surface area is 113 Å². The minimum absolute atomic E-state index is 0.0688. The highest BCUT2D eigenvalue weighted by Crippen LogP contribution is 2.29. The SMILES string of the molecule is COCCNCC(=O)c1ccc2c(c1)NCC(C)O2. The fourth-order valence-corrected chi connectivity index (χ4v) is 1.93. The lowest BCUT2D eigenvalue weighted by molar-refractivity contribution is 0.0987. The number of fused-ring (bicyclic) bond motifs is 1. The third-order valence-corrected chi connectivity index (χ3v) is 2.98. The van der Waals surface area contributed by atoms with E-state index in [0.717, 1.165) is 18.0 Å². The average Bonchev–Trinajstić information content (AvgIpc) is 2.42. The monoisotopic (exact) mass is 264 g/mol. The molecule has 19 heavy (non-hydrogen) atoms. The van der Waals surface area contributed by atoms with Crippen molar-refractivity contribution < 1.29 is 14.3 Å². The van der Waals surface area contributed by atoms with Crippen LogP contribution in [-0.4, -0.2) is 45.2 Å². The van der Waals surface area contributed by atoms with Crippen LogP contribution in [0.4, 0.5) is 5.69 Å². The maximum absolute atomic E-state index is 12.0. The lowest BCUT2D eigenvalue weighted by atomic mass is 10.1. The third-order valence-electron chi connectivity index (χ3n) is 2.98. The van der Waals surface area contributed by atoms with Crippen LogP contribution in [-0.2, 0) is 4.74 Å². The van der Waals surface area contributed by atoms with Gasteiger partial charge >= 0.3 is 0 Å². The van der Waals surface area contributed by atoms with Crippen LogP contribution in [0.5, 0.6) is 5.75 Å². The van der Waals surface area contributed by atoms with Crippen molar-refractivity contribution in [1.82, 2.24) is 5.32 Å². The molecule has 1 aliphatic heterocycles. The molecular weight excluding hydrogens is 244 g/mol. The number of nitrogens with one attached hydrogen (secondary N) is 2. The number of methoxy groups -OCH3 is 1. The fourth-order valence-electron chi connectivity index (χ4n) is 1.93. The predicted molar refractivity (Wildman–Crippen MR) is 74.1 cm³/mol. The third kappa shape index (κ3) is 3.68. The Morgan fingerprint density at radius 3 is 3.21 bits per heavy atom. The van der Waals surface area contributed by atoms with Gasteiger partial charge in [0.05, 0.1) is 25.4 Å². The number of carbonyl (C=O) groups is 1. The van der Waals surface area contributed by atoms with Crippen LogP contribution in [0.2, 0.25) is 0 Å². The van der Waals surface area contributed by atoms with Crippen LogP contribution >= 0.6 is 0 Å². The summed E-state index contributed by atoms with van der Waals surface area (Å²) in [6.07, 6.45) is 0.157. The second-order valence-electron chi connectivity index (χ2n) is 4.61. The molecule has 0 fully saturated rings. The summed E-state index contributed by atoms with van der Waals surface area (Å²) >= 11 is 0. The van der Waals surface area contributed by atoms with Gasteiger partial charge in [-0.2, -0.15) is 0 Å². The van der Waals surface area contributed by atoms with Crippen molar-refractivity contribution in [2.45, 2.75) is 13.0 Å². The van der Waals surface area contributed by atoms with Gasteiger partial charge in [0.2, 0.25) is 0 Å². The number of ketones is 1. The van der Waals surface area contributed by atoms with E-state index in [0.29, 0.717) is 25.3 Å². The Balaban J connectivity index is 1.95. The van der Waals surface area contributed by atoms with Gasteiger partial charge < -0.3 is 20.1 Å². The Bertz CT molecular complexity index is 448. The van der Waals surface area contributed by atoms with E-state index in [4.69, 9.17) is 9.47 Å². The molecule has 1 atom stereocenters. The summed E-state index contributed by atoms with van der Waals surface area (Å²) < 4.78 is 10.6. The largest absolute Gasteiger partial charge is 0.487 e. The molecule has 0 saturated carbocycles. The first kappa shape index (κ1) is 13.8. The van der Waals surface area contributed by atoms with Crippen molar-refractivity contribution >= 4 is 11.5 Å². The van der Waals surface area contributed by atoms with Gasteiger partial charge in [-0.15, -0.1) is 0 Å². The summed E-state index contributed by atoms with van der Waals surface area (Å²) in [4.78, 5) is 12.0. The second-order valence-corrected chi connectivity index (χ2v) is 4.61. The maximum atomic E-state index is 12.0. The molecule has 0 aliphatic carbocycles. The molecule has 1 heterocycles. The average molecular weight is 264 g/mol. The van der Waals surface area contributed by atoms with Crippen LogP contribution in [0.15, 0.2) is 18.2 Å². The van der Waals surface area contributed by atoms with Gasteiger partial charge in [0.25, 0.3) is 0 Å². The van der Waals surface area contributed by atoms with Gasteiger partial charge in [0, 0.05) is 19.2 Å². The molecule has 104 valence electrons. The van der Waals surface area contributed by atoms with E-state index in [1.807, 2.05) is 19.1 Å². The van der Waals surface area contributed by atoms with E-state index in [1.165, 1.54) is 0 Å². The van der Waals surface area contributed by atoms with Crippen LogP contribution in [0.1, 0.15) is 17.3 Å². The topological polar surface area (TPSA) is 59.6 Å². The number of hydrogen-bond donors (Lipinski definition) is 2. The summed E-state index contributed by atoms with van der Waals surface area (Å²) in [7, 11) is 1.64. The standard InChI is InChI=1S/C14H20N2O3/c1-10-8-16-12-7-11(3-4-14(12)19-10)13(17)9-15-5-6-18-2/h3-4,7,10,15-16H,5-6,8-9H2,1-2H3. The van der Waals surface area contributed by atoms with Crippen LogP contribution < -0.4 is 15.4 Å². The Hall–Kier alpha value is -1.59. The Kier molecular flexibility index (Phi) is 4.76. The van der Waals surface area contributed by atoms with Crippen LogP contribution in [0.25, 0.3) is 0 Å². The highest BCUT2D eigenvalue weighted by Gasteiger charge is 2.17. The molecule has 5 nitrogen and oxygen atoms in total. The normalized spacial score (nSPS) is 17.3. The number of anilines is 1. The summed E-state index contributed by atoms with van der Waals surface area (Å²) in [6, 6.07) is 5.50. The van der Waals surface area contributed by atoms with E-state index >= 15 is 0 Å². The summed E-state index contributed by atoms with van der Waals surface area (Å²) in [5, 5.41) is 6.31. The Morgan fingerprint density at radius 1 is 1.58 bits per heavy atom. The van der Waals surface area contributed by atoms with Crippen LogP contribution in [0, 0.1) is 0 Å². The number of hydrogen-bond acceptors (Lipinski definition) is 5. The van der Waals surface area contributed by atoms with Crippen molar-refractivity contribution in [2.75, 3.05) is 38.7 Å². The first-order valence-electron chi connectivity index (χ1n) is 6.48. The molecule has 2 N–H and O–H groups in total. The van der Waals surface area contributed by atoms with Crippen molar-refractivity contribution in [1.29, 1.82) is 0 Å². The van der Waals surface area contributed by atoms with Gasteiger partial charge in [-0.1, -0.05) is 0 Å². The van der Waals surface area contributed by atoms with Gasteiger partial charge in [0.1, 0.15) is 11.9 Å². The van der Waals surface area contributed by atoms with Crippen LogP contribution in [0.3, 0.4) is 0 Å². The van der Waals surface area contributed by atoms with Gasteiger partial charge in [-0.25, -0.2) is 0 Å². The number of ether oxygens (including phenoxy) is 2. The summed E-state index contributed by atoms with van der Waals surface area (Å²) in [5.41, 5.74) is 1.58. The van der Waals surface area contributed by atoms with E-state index in [1.54, 1.807) is 13.2 Å². The molecule has 5 heteroatoms. The molecule has 1 aromatic carbocycles. The zero-order valence-corrected chi connectivity index (χ0v) is 11.4. The summed E-state index contributed by atoms with van der Waals surface area (Å²) in [6.45, 7) is 4.36. The highest BCUT2D eigenvalue weighted by atomic mass is 16.5. The molecule has 0 aromatic heterocycles. The molecule has 0 spiro atoms. The van der Waals surface area contributed by atoms with E-state index in [-0.39, 0.29) is 11.9 Å². The lowest BCUT2D eigenvalue weighted by Crippen LogP contribution is -2.28. The van der Waals surface area contributed by atoms with E-state index < -0.39 is 0 Å². The van der Waals surface area contributed by atoms with Gasteiger partial charge in [-0.3, -0.25) is 4.79 Å².